The number of halogens is 3. The second-order valence-electron chi connectivity index (χ2n) is 7.13. The minimum absolute atomic E-state index is 0.0998. The second kappa shape index (κ2) is 9.46. The van der Waals surface area contributed by atoms with Gasteiger partial charge in [0.05, 0.1) is 31.6 Å². The highest BCUT2D eigenvalue weighted by atomic mass is 32.2. The van der Waals surface area contributed by atoms with Crippen LogP contribution >= 0.6 is 11.8 Å². The van der Waals surface area contributed by atoms with Gasteiger partial charge in [-0.25, -0.2) is 4.98 Å². The lowest BCUT2D eigenvalue weighted by Gasteiger charge is -2.18. The van der Waals surface area contributed by atoms with Gasteiger partial charge in [-0.15, -0.1) is 0 Å². The van der Waals surface area contributed by atoms with Gasteiger partial charge in [0, 0.05) is 23.4 Å². The van der Waals surface area contributed by atoms with E-state index >= 15 is 0 Å². The fourth-order valence-electron chi connectivity index (χ4n) is 3.19. The second-order valence-corrected chi connectivity index (χ2v) is 8.19. The van der Waals surface area contributed by atoms with Crippen LogP contribution in [0.15, 0.2) is 69.6 Å². The molecule has 0 spiro atoms. The zero-order valence-electron chi connectivity index (χ0n) is 17.3. The van der Waals surface area contributed by atoms with E-state index in [0.717, 1.165) is 23.9 Å². The van der Waals surface area contributed by atoms with Crippen molar-refractivity contribution in [3.05, 3.63) is 70.8 Å². The Labute approximate surface area is 190 Å². The lowest BCUT2D eigenvalue weighted by atomic mass is 10.2. The average Bonchev–Trinajstić information content (AvgIpc) is 3.19. The number of hydrogen-bond acceptors (Lipinski definition) is 7. The maximum atomic E-state index is 13.0. The molecule has 33 heavy (non-hydrogen) atoms. The molecular formula is C22H19F3N2O5S. The molecule has 2 heterocycles. The predicted octanol–water partition coefficient (Wildman–Crippen LogP) is 3.55. The fourth-order valence-corrected chi connectivity index (χ4v) is 3.99. The first kappa shape index (κ1) is 23.1. The summed E-state index contributed by atoms with van der Waals surface area (Å²) in [5.41, 5.74) is -0.738. The number of benzene rings is 2. The number of nitrogens with zero attached hydrogens (tertiary/aromatic N) is 2. The molecule has 1 aliphatic heterocycles. The number of alkyl halides is 3. The molecule has 174 valence electrons. The van der Waals surface area contributed by atoms with Crippen LogP contribution in [0.3, 0.4) is 0 Å². The molecule has 3 aromatic rings. The van der Waals surface area contributed by atoms with Gasteiger partial charge in [0.2, 0.25) is 0 Å². The lowest BCUT2D eigenvalue weighted by molar-refractivity contribution is -0.137. The van der Waals surface area contributed by atoms with Crippen molar-refractivity contribution in [1.82, 2.24) is 9.55 Å². The Bertz CT molecular complexity index is 1180. The summed E-state index contributed by atoms with van der Waals surface area (Å²) in [4.78, 5) is 17.5. The van der Waals surface area contributed by atoms with E-state index in [9.17, 15) is 23.1 Å². The number of ether oxygens (including phenoxy) is 3. The van der Waals surface area contributed by atoms with Gasteiger partial charge in [-0.2, -0.15) is 13.2 Å². The van der Waals surface area contributed by atoms with Crippen molar-refractivity contribution >= 4 is 11.8 Å². The van der Waals surface area contributed by atoms with E-state index in [1.165, 1.54) is 36.2 Å². The molecule has 1 N–H and O–H groups in total. The summed E-state index contributed by atoms with van der Waals surface area (Å²) >= 11 is 0.968. The van der Waals surface area contributed by atoms with Crippen LogP contribution < -0.4 is 15.0 Å². The van der Waals surface area contributed by atoms with Crippen LogP contribution in [0.5, 0.6) is 11.5 Å². The van der Waals surface area contributed by atoms with Gasteiger partial charge in [0.15, 0.2) is 22.6 Å². The van der Waals surface area contributed by atoms with Crippen LogP contribution in [0, 0.1) is 0 Å². The van der Waals surface area contributed by atoms with Crippen LogP contribution in [0.2, 0.25) is 0 Å². The Morgan fingerprint density at radius 1 is 1.15 bits per heavy atom. The number of aromatic nitrogens is 2. The van der Waals surface area contributed by atoms with Gasteiger partial charge >= 0.3 is 6.18 Å². The minimum atomic E-state index is -4.43. The van der Waals surface area contributed by atoms with Gasteiger partial charge in [-0.1, -0.05) is 11.8 Å². The van der Waals surface area contributed by atoms with Crippen LogP contribution in [-0.4, -0.2) is 47.2 Å². The van der Waals surface area contributed by atoms with E-state index in [1.807, 2.05) is 0 Å². The Morgan fingerprint density at radius 2 is 1.91 bits per heavy atom. The normalized spacial score (nSPS) is 18.3. The third kappa shape index (κ3) is 5.15. The maximum Gasteiger partial charge on any atom is 0.416 e. The topological polar surface area (TPSA) is 82.8 Å². The summed E-state index contributed by atoms with van der Waals surface area (Å²) in [6, 6.07) is 9.37. The first-order chi connectivity index (χ1) is 15.8. The molecule has 2 atom stereocenters. The van der Waals surface area contributed by atoms with Gasteiger partial charge in [0.25, 0.3) is 5.56 Å². The zero-order valence-corrected chi connectivity index (χ0v) is 18.1. The number of aliphatic hydroxyl groups excluding tert-OH is 1. The molecule has 0 bridgehead atoms. The van der Waals surface area contributed by atoms with E-state index in [1.54, 1.807) is 18.2 Å². The van der Waals surface area contributed by atoms with Gasteiger partial charge < -0.3 is 19.3 Å². The SMILES string of the molecule is COc1cc(-n2ccnc(Sc3ccc(C(F)(F)F)cc3)c2=O)ccc1O[C@H]1COC[C@H]1O. The van der Waals surface area contributed by atoms with Crippen molar-refractivity contribution in [3.63, 3.8) is 0 Å². The van der Waals surface area contributed by atoms with Gasteiger partial charge in [0.1, 0.15) is 6.10 Å². The van der Waals surface area contributed by atoms with Crippen molar-refractivity contribution in [1.29, 1.82) is 0 Å². The molecule has 0 radical (unpaired) electrons. The quantitative estimate of drug-likeness (QED) is 0.578. The highest BCUT2D eigenvalue weighted by molar-refractivity contribution is 7.99. The molecule has 11 heteroatoms. The molecule has 0 aliphatic carbocycles. The Hall–Kier alpha value is -3.02. The van der Waals surface area contributed by atoms with E-state index in [0.29, 0.717) is 22.1 Å². The van der Waals surface area contributed by atoms with Crippen LogP contribution in [0.4, 0.5) is 13.2 Å². The highest BCUT2D eigenvalue weighted by Gasteiger charge is 2.30. The third-order valence-electron chi connectivity index (χ3n) is 4.91. The summed E-state index contributed by atoms with van der Waals surface area (Å²) in [6.45, 7) is 0.442. The third-order valence-corrected chi connectivity index (χ3v) is 5.89. The number of aliphatic hydroxyl groups is 1. The molecule has 0 unspecified atom stereocenters. The number of rotatable bonds is 6. The summed E-state index contributed by atoms with van der Waals surface area (Å²) in [6.07, 6.45) is -2.80. The smallest absolute Gasteiger partial charge is 0.416 e. The summed E-state index contributed by atoms with van der Waals surface area (Å²) in [7, 11) is 1.45. The Balaban J connectivity index is 1.58. The van der Waals surface area contributed by atoms with E-state index in [2.05, 4.69) is 4.98 Å². The van der Waals surface area contributed by atoms with Crippen LogP contribution in [0.25, 0.3) is 5.69 Å². The van der Waals surface area contributed by atoms with Gasteiger partial charge in [-0.05, 0) is 36.4 Å². The number of hydrogen-bond donors (Lipinski definition) is 1. The van der Waals surface area contributed by atoms with Crippen molar-refractivity contribution in [2.75, 3.05) is 20.3 Å². The molecule has 0 amide bonds. The molecule has 0 saturated carbocycles. The van der Waals surface area contributed by atoms with Gasteiger partial charge in [-0.3, -0.25) is 9.36 Å². The predicted molar refractivity (Wildman–Crippen MR) is 113 cm³/mol. The summed E-state index contributed by atoms with van der Waals surface area (Å²) < 4.78 is 56.0. The Morgan fingerprint density at radius 3 is 2.55 bits per heavy atom. The minimum Gasteiger partial charge on any atom is -0.493 e. The molecule has 1 aliphatic rings. The van der Waals surface area contributed by atoms with Crippen molar-refractivity contribution in [2.24, 2.45) is 0 Å². The largest absolute Gasteiger partial charge is 0.493 e. The first-order valence-corrected chi connectivity index (χ1v) is 10.6. The van der Waals surface area contributed by atoms with E-state index in [4.69, 9.17) is 14.2 Å². The zero-order chi connectivity index (χ0) is 23.6. The molecule has 2 aromatic carbocycles. The van der Waals surface area contributed by atoms with E-state index < -0.39 is 29.5 Å². The van der Waals surface area contributed by atoms with E-state index in [-0.39, 0.29) is 18.2 Å². The number of methoxy groups -OCH3 is 1. The molecule has 7 nitrogen and oxygen atoms in total. The standard InChI is InChI=1S/C22H19F3N2O5S/c1-30-18-10-14(4-7-17(18)32-19-12-31-11-16(19)28)27-9-8-26-20(21(27)29)33-15-5-2-13(3-6-15)22(23,24)25/h2-10,16,19,28H,11-12H2,1H3/t16-,19+/m1/s1. The summed E-state index contributed by atoms with van der Waals surface area (Å²) in [5, 5.41) is 9.99. The highest BCUT2D eigenvalue weighted by Crippen LogP contribution is 2.33. The molecule has 1 aromatic heterocycles. The molecule has 4 rings (SSSR count). The lowest BCUT2D eigenvalue weighted by Crippen LogP contribution is -2.29. The van der Waals surface area contributed by atoms with Crippen LogP contribution in [-0.2, 0) is 10.9 Å². The maximum absolute atomic E-state index is 13.0. The average molecular weight is 480 g/mol. The summed E-state index contributed by atoms with van der Waals surface area (Å²) in [5.74, 6) is 0.740. The molecule has 1 fully saturated rings. The van der Waals surface area contributed by atoms with Crippen LogP contribution in [0.1, 0.15) is 5.56 Å². The van der Waals surface area contributed by atoms with Crippen molar-refractivity contribution < 1.29 is 32.5 Å². The monoisotopic (exact) mass is 480 g/mol. The molecular weight excluding hydrogens is 461 g/mol. The Kier molecular flexibility index (Phi) is 6.63. The van der Waals surface area contributed by atoms with Crippen molar-refractivity contribution in [3.8, 4) is 17.2 Å². The molecule has 1 saturated heterocycles. The first-order valence-electron chi connectivity index (χ1n) is 9.80. The van der Waals surface area contributed by atoms with Crippen molar-refractivity contribution in [2.45, 2.75) is 28.3 Å². The fraction of sp³-hybridized carbons (Fsp3) is 0.273.